The Morgan fingerprint density at radius 1 is 1.04 bits per heavy atom. The van der Waals surface area contributed by atoms with Gasteiger partial charge in [-0.15, -0.1) is 0 Å². The Balaban J connectivity index is 1.44. The SMILES string of the molecule is O=C1CCC(=O)N1C1CCC(Nc2ccnc3cc(Cl)ccc23)CC1. The minimum atomic E-state index is -0.00147. The average molecular weight is 358 g/mol. The number of hydrogen-bond donors (Lipinski definition) is 1. The second-order valence-electron chi connectivity index (χ2n) is 6.83. The van der Waals surface area contributed by atoms with Gasteiger partial charge in [0.1, 0.15) is 0 Å². The van der Waals surface area contributed by atoms with Gasteiger partial charge in [-0.2, -0.15) is 0 Å². The largest absolute Gasteiger partial charge is 0.382 e. The lowest BCUT2D eigenvalue weighted by molar-refractivity contribution is -0.141. The molecule has 25 heavy (non-hydrogen) atoms. The Bertz CT molecular complexity index is 815. The first-order valence-corrected chi connectivity index (χ1v) is 9.15. The van der Waals surface area contributed by atoms with E-state index in [0.29, 0.717) is 23.9 Å². The summed E-state index contributed by atoms with van der Waals surface area (Å²) in [5.41, 5.74) is 1.93. The van der Waals surface area contributed by atoms with Gasteiger partial charge < -0.3 is 5.32 Å². The van der Waals surface area contributed by atoms with E-state index in [2.05, 4.69) is 10.3 Å². The van der Waals surface area contributed by atoms with Crippen molar-refractivity contribution in [1.82, 2.24) is 9.88 Å². The van der Waals surface area contributed by atoms with E-state index in [1.54, 1.807) is 6.20 Å². The fourth-order valence-corrected chi connectivity index (χ4v) is 4.11. The number of hydrogen-bond acceptors (Lipinski definition) is 4. The summed E-state index contributed by atoms with van der Waals surface area (Å²) in [6.45, 7) is 0. The number of carbonyl (C=O) groups excluding carboxylic acids is 2. The number of nitrogens with zero attached hydrogens (tertiary/aromatic N) is 2. The van der Waals surface area contributed by atoms with Gasteiger partial charge in [-0.3, -0.25) is 19.5 Å². The molecule has 2 aliphatic rings. The van der Waals surface area contributed by atoms with Crippen LogP contribution in [0.25, 0.3) is 10.9 Å². The van der Waals surface area contributed by atoms with Crippen molar-refractivity contribution in [3.63, 3.8) is 0 Å². The van der Waals surface area contributed by atoms with E-state index < -0.39 is 0 Å². The molecule has 1 aromatic carbocycles. The highest BCUT2D eigenvalue weighted by molar-refractivity contribution is 6.31. The van der Waals surface area contributed by atoms with Crippen LogP contribution in [0.4, 0.5) is 5.69 Å². The molecule has 1 aliphatic carbocycles. The number of pyridine rings is 1. The van der Waals surface area contributed by atoms with Gasteiger partial charge in [0.15, 0.2) is 0 Å². The zero-order valence-electron chi connectivity index (χ0n) is 13.9. The molecule has 1 aromatic heterocycles. The number of amides is 2. The summed E-state index contributed by atoms with van der Waals surface area (Å²) in [6, 6.07) is 8.12. The first-order valence-electron chi connectivity index (χ1n) is 8.77. The van der Waals surface area contributed by atoms with Crippen molar-refractivity contribution >= 4 is 40.0 Å². The Morgan fingerprint density at radius 2 is 1.76 bits per heavy atom. The standard InChI is InChI=1S/C19H20ClN3O2/c20-12-1-6-15-16(9-10-21-17(15)11-12)22-13-2-4-14(5-3-13)23-18(24)7-8-19(23)25/h1,6,9-11,13-14H,2-5,7-8H2,(H,21,22). The quantitative estimate of drug-likeness (QED) is 0.849. The molecule has 0 radical (unpaired) electrons. The molecule has 0 unspecified atom stereocenters. The van der Waals surface area contributed by atoms with Gasteiger partial charge in [-0.25, -0.2) is 0 Å². The fourth-order valence-electron chi connectivity index (χ4n) is 3.95. The molecule has 6 heteroatoms. The minimum Gasteiger partial charge on any atom is -0.382 e. The van der Waals surface area contributed by atoms with Crippen LogP contribution in [-0.2, 0) is 9.59 Å². The third-order valence-corrected chi connectivity index (χ3v) is 5.45. The van der Waals surface area contributed by atoms with Crippen LogP contribution in [0.3, 0.4) is 0 Å². The molecule has 1 aliphatic heterocycles. The van der Waals surface area contributed by atoms with Crippen LogP contribution in [-0.4, -0.2) is 33.8 Å². The predicted octanol–water partition coefficient (Wildman–Crippen LogP) is 3.76. The molecule has 1 saturated heterocycles. The van der Waals surface area contributed by atoms with Gasteiger partial charge in [0, 0.05) is 47.2 Å². The van der Waals surface area contributed by atoms with Crippen molar-refractivity contribution in [3.8, 4) is 0 Å². The number of imide groups is 1. The summed E-state index contributed by atoms with van der Waals surface area (Å²) < 4.78 is 0. The Labute approximate surface area is 151 Å². The van der Waals surface area contributed by atoms with Crippen molar-refractivity contribution in [2.45, 2.75) is 50.6 Å². The molecule has 2 aromatic rings. The van der Waals surface area contributed by atoms with E-state index in [1.807, 2.05) is 24.3 Å². The van der Waals surface area contributed by atoms with E-state index in [1.165, 1.54) is 4.90 Å². The van der Waals surface area contributed by atoms with Crippen LogP contribution < -0.4 is 5.32 Å². The highest BCUT2D eigenvalue weighted by Gasteiger charge is 2.36. The molecule has 2 amide bonds. The second kappa shape index (κ2) is 6.64. The van der Waals surface area contributed by atoms with E-state index in [4.69, 9.17) is 11.6 Å². The summed E-state index contributed by atoms with van der Waals surface area (Å²) in [5, 5.41) is 5.34. The molecule has 5 nitrogen and oxygen atoms in total. The third-order valence-electron chi connectivity index (χ3n) is 5.22. The average Bonchev–Trinajstić information content (AvgIpc) is 2.94. The number of anilines is 1. The zero-order chi connectivity index (χ0) is 17.4. The van der Waals surface area contributed by atoms with Crippen molar-refractivity contribution in [2.24, 2.45) is 0 Å². The smallest absolute Gasteiger partial charge is 0.229 e. The van der Waals surface area contributed by atoms with Crippen molar-refractivity contribution in [3.05, 3.63) is 35.5 Å². The second-order valence-corrected chi connectivity index (χ2v) is 7.26. The monoisotopic (exact) mass is 357 g/mol. The number of rotatable bonds is 3. The number of carbonyl (C=O) groups is 2. The van der Waals surface area contributed by atoms with Gasteiger partial charge in [0.2, 0.25) is 11.8 Å². The van der Waals surface area contributed by atoms with E-state index in [-0.39, 0.29) is 17.9 Å². The van der Waals surface area contributed by atoms with Crippen molar-refractivity contribution in [2.75, 3.05) is 5.32 Å². The van der Waals surface area contributed by atoms with Gasteiger partial charge in [0.25, 0.3) is 0 Å². The maximum absolute atomic E-state index is 11.9. The number of fused-ring (bicyclic) bond motifs is 1. The molecule has 130 valence electrons. The van der Waals surface area contributed by atoms with Gasteiger partial charge in [-0.1, -0.05) is 11.6 Å². The number of aromatic nitrogens is 1. The third kappa shape index (κ3) is 3.21. The summed E-state index contributed by atoms with van der Waals surface area (Å²) in [7, 11) is 0. The Morgan fingerprint density at radius 3 is 2.48 bits per heavy atom. The van der Waals surface area contributed by atoms with Gasteiger partial charge in [0.05, 0.1) is 5.52 Å². The van der Waals surface area contributed by atoms with Crippen molar-refractivity contribution < 1.29 is 9.59 Å². The minimum absolute atomic E-state index is 0.00147. The lowest BCUT2D eigenvalue weighted by atomic mass is 9.90. The van der Waals surface area contributed by atoms with Crippen LogP contribution in [0.2, 0.25) is 5.02 Å². The molecule has 2 fully saturated rings. The van der Waals surface area contributed by atoms with Crippen molar-refractivity contribution in [1.29, 1.82) is 0 Å². The van der Waals surface area contributed by atoms with E-state index >= 15 is 0 Å². The molecule has 2 heterocycles. The molecule has 0 bridgehead atoms. The Kier molecular flexibility index (Phi) is 4.34. The lowest BCUT2D eigenvalue weighted by Gasteiger charge is -2.34. The van der Waals surface area contributed by atoms with Crippen LogP contribution in [0.15, 0.2) is 30.5 Å². The summed E-state index contributed by atoms with van der Waals surface area (Å²) in [4.78, 5) is 29.7. The molecule has 0 spiro atoms. The molecule has 1 N–H and O–H groups in total. The van der Waals surface area contributed by atoms with Crippen LogP contribution in [0.5, 0.6) is 0 Å². The molecule has 0 atom stereocenters. The van der Waals surface area contributed by atoms with Gasteiger partial charge >= 0.3 is 0 Å². The first kappa shape index (κ1) is 16.3. The zero-order valence-corrected chi connectivity index (χ0v) is 14.6. The van der Waals surface area contributed by atoms with E-state index in [9.17, 15) is 9.59 Å². The number of halogens is 1. The number of nitrogens with one attached hydrogen (secondary N) is 1. The van der Waals surface area contributed by atoms with Crippen LogP contribution in [0.1, 0.15) is 38.5 Å². The fraction of sp³-hybridized carbons (Fsp3) is 0.421. The Hall–Kier alpha value is -2.14. The molecular formula is C19H20ClN3O2. The summed E-state index contributed by atoms with van der Waals surface area (Å²) in [6.07, 6.45) is 6.16. The van der Waals surface area contributed by atoms with E-state index in [0.717, 1.165) is 42.3 Å². The summed E-state index contributed by atoms with van der Waals surface area (Å²) in [5.74, 6) is -0.00293. The topological polar surface area (TPSA) is 62.3 Å². The number of likely N-dealkylation sites (tertiary alicyclic amines) is 1. The molecular weight excluding hydrogens is 338 g/mol. The number of benzene rings is 1. The maximum atomic E-state index is 11.9. The normalized spacial score (nSPS) is 24.1. The highest BCUT2D eigenvalue weighted by Crippen LogP contribution is 2.31. The van der Waals surface area contributed by atoms with Gasteiger partial charge in [-0.05, 0) is 49.9 Å². The maximum Gasteiger partial charge on any atom is 0.229 e. The molecule has 4 rings (SSSR count). The lowest BCUT2D eigenvalue weighted by Crippen LogP contribution is -2.43. The molecule has 1 saturated carbocycles. The van der Waals surface area contributed by atoms with Crippen LogP contribution >= 0.6 is 11.6 Å². The van der Waals surface area contributed by atoms with Crippen LogP contribution in [0, 0.1) is 0 Å². The first-order chi connectivity index (χ1) is 12.1. The predicted molar refractivity (Wildman–Crippen MR) is 97.5 cm³/mol. The summed E-state index contributed by atoms with van der Waals surface area (Å²) >= 11 is 6.04. The highest BCUT2D eigenvalue weighted by atomic mass is 35.5.